The van der Waals surface area contributed by atoms with Gasteiger partial charge >= 0.3 is 0 Å². The van der Waals surface area contributed by atoms with Gasteiger partial charge in [0, 0.05) is 18.7 Å². The Balaban J connectivity index is 1.83. The number of hydrogen-bond donors (Lipinski definition) is 1. The highest BCUT2D eigenvalue weighted by atomic mass is 16.3. The van der Waals surface area contributed by atoms with Gasteiger partial charge in [-0.3, -0.25) is 0 Å². The number of nitrogens with one attached hydrogen (secondary N) is 1. The lowest BCUT2D eigenvalue weighted by Crippen LogP contribution is -2.17. The molecule has 0 aliphatic carbocycles. The van der Waals surface area contributed by atoms with Crippen LogP contribution >= 0.6 is 0 Å². The van der Waals surface area contributed by atoms with Gasteiger partial charge in [-0.2, -0.15) is 0 Å². The Morgan fingerprint density at radius 1 is 1.41 bits per heavy atom. The molecule has 4 heteroatoms. The van der Waals surface area contributed by atoms with Crippen molar-refractivity contribution in [3.05, 3.63) is 42.2 Å². The first-order valence-corrected chi connectivity index (χ1v) is 5.82. The molecule has 2 rings (SSSR count). The topological polar surface area (TPSA) is 51.0 Å². The van der Waals surface area contributed by atoms with E-state index < -0.39 is 0 Å². The van der Waals surface area contributed by atoms with Gasteiger partial charge in [0.05, 0.1) is 6.26 Å². The Kier molecular flexibility index (Phi) is 3.75. The highest BCUT2D eigenvalue weighted by molar-refractivity contribution is 5.33. The van der Waals surface area contributed by atoms with Crippen molar-refractivity contribution < 1.29 is 4.42 Å². The standard InChI is InChI=1S/C13H17N3O/c1-10(5-6-12-4-3-9-17-12)15-13-7-8-14-11(2)16-13/h3-4,7-10H,5-6H2,1-2H3,(H,14,15,16). The molecular weight excluding hydrogens is 214 g/mol. The van der Waals surface area contributed by atoms with Crippen LogP contribution in [0.25, 0.3) is 0 Å². The smallest absolute Gasteiger partial charge is 0.129 e. The minimum Gasteiger partial charge on any atom is -0.469 e. The molecule has 17 heavy (non-hydrogen) atoms. The van der Waals surface area contributed by atoms with Crippen molar-refractivity contribution in [3.8, 4) is 0 Å². The van der Waals surface area contributed by atoms with E-state index in [0.717, 1.165) is 30.2 Å². The molecule has 0 radical (unpaired) electrons. The predicted octanol–water partition coefficient (Wildman–Crippen LogP) is 2.81. The Bertz CT molecular complexity index is 453. The summed E-state index contributed by atoms with van der Waals surface area (Å²) < 4.78 is 5.30. The van der Waals surface area contributed by atoms with Crippen LogP contribution in [0.2, 0.25) is 0 Å². The first kappa shape index (κ1) is 11.6. The largest absolute Gasteiger partial charge is 0.469 e. The molecule has 0 bridgehead atoms. The van der Waals surface area contributed by atoms with E-state index in [1.54, 1.807) is 12.5 Å². The zero-order valence-corrected chi connectivity index (χ0v) is 10.2. The van der Waals surface area contributed by atoms with Crippen LogP contribution in [0.3, 0.4) is 0 Å². The molecule has 2 heterocycles. The third-order valence-electron chi connectivity index (χ3n) is 2.57. The second kappa shape index (κ2) is 5.48. The van der Waals surface area contributed by atoms with E-state index in [1.807, 2.05) is 25.1 Å². The van der Waals surface area contributed by atoms with Crippen LogP contribution in [-0.4, -0.2) is 16.0 Å². The van der Waals surface area contributed by atoms with Crippen LogP contribution in [0.5, 0.6) is 0 Å². The van der Waals surface area contributed by atoms with Crippen molar-refractivity contribution in [2.75, 3.05) is 5.32 Å². The maximum atomic E-state index is 5.30. The molecule has 2 aromatic heterocycles. The molecule has 1 N–H and O–H groups in total. The number of furan rings is 1. The van der Waals surface area contributed by atoms with Gasteiger partial charge < -0.3 is 9.73 Å². The van der Waals surface area contributed by atoms with Gasteiger partial charge in [-0.05, 0) is 38.5 Å². The molecule has 0 saturated carbocycles. The maximum absolute atomic E-state index is 5.30. The third-order valence-corrected chi connectivity index (χ3v) is 2.57. The summed E-state index contributed by atoms with van der Waals surface area (Å²) in [6.07, 6.45) is 5.42. The highest BCUT2D eigenvalue weighted by Gasteiger charge is 2.05. The van der Waals surface area contributed by atoms with Crippen LogP contribution in [0.1, 0.15) is 24.9 Å². The summed E-state index contributed by atoms with van der Waals surface area (Å²) in [5, 5.41) is 3.35. The van der Waals surface area contributed by atoms with E-state index >= 15 is 0 Å². The molecule has 0 saturated heterocycles. The minimum absolute atomic E-state index is 0.356. The monoisotopic (exact) mass is 231 g/mol. The summed E-state index contributed by atoms with van der Waals surface area (Å²) in [7, 11) is 0. The number of aromatic nitrogens is 2. The normalized spacial score (nSPS) is 12.4. The molecule has 1 atom stereocenters. The van der Waals surface area contributed by atoms with Crippen molar-refractivity contribution >= 4 is 5.82 Å². The van der Waals surface area contributed by atoms with Crippen LogP contribution in [0.4, 0.5) is 5.82 Å². The van der Waals surface area contributed by atoms with Crippen molar-refractivity contribution in [3.63, 3.8) is 0 Å². The van der Waals surface area contributed by atoms with E-state index in [2.05, 4.69) is 22.2 Å². The minimum atomic E-state index is 0.356. The van der Waals surface area contributed by atoms with Gasteiger partial charge in [0.25, 0.3) is 0 Å². The lowest BCUT2D eigenvalue weighted by Gasteiger charge is -2.13. The molecule has 4 nitrogen and oxygen atoms in total. The summed E-state index contributed by atoms with van der Waals surface area (Å²) in [5.74, 6) is 2.69. The molecule has 90 valence electrons. The van der Waals surface area contributed by atoms with Gasteiger partial charge in [-0.15, -0.1) is 0 Å². The van der Waals surface area contributed by atoms with Crippen molar-refractivity contribution in [2.45, 2.75) is 32.7 Å². The molecule has 0 aliphatic rings. The maximum Gasteiger partial charge on any atom is 0.129 e. The van der Waals surface area contributed by atoms with E-state index in [4.69, 9.17) is 4.42 Å². The summed E-state index contributed by atoms with van der Waals surface area (Å²) in [6.45, 7) is 4.03. The van der Waals surface area contributed by atoms with Crippen LogP contribution < -0.4 is 5.32 Å². The second-order valence-corrected chi connectivity index (χ2v) is 4.15. The Labute approximate surface area is 101 Å². The van der Waals surface area contributed by atoms with Crippen LogP contribution in [0.15, 0.2) is 35.1 Å². The summed E-state index contributed by atoms with van der Waals surface area (Å²) in [5.41, 5.74) is 0. The highest BCUT2D eigenvalue weighted by Crippen LogP contribution is 2.09. The Morgan fingerprint density at radius 3 is 3.00 bits per heavy atom. The van der Waals surface area contributed by atoms with Gasteiger partial charge in [-0.25, -0.2) is 9.97 Å². The number of rotatable bonds is 5. The lowest BCUT2D eigenvalue weighted by molar-refractivity contribution is 0.495. The first-order valence-electron chi connectivity index (χ1n) is 5.82. The molecule has 0 spiro atoms. The molecule has 0 amide bonds. The Hall–Kier alpha value is -1.84. The Morgan fingerprint density at radius 2 is 2.29 bits per heavy atom. The average molecular weight is 231 g/mol. The van der Waals surface area contributed by atoms with Gasteiger partial charge in [0.1, 0.15) is 17.4 Å². The quantitative estimate of drug-likeness (QED) is 0.859. The molecule has 1 unspecified atom stereocenters. The summed E-state index contributed by atoms with van der Waals surface area (Å²) in [4.78, 5) is 8.38. The second-order valence-electron chi connectivity index (χ2n) is 4.15. The van der Waals surface area contributed by atoms with Gasteiger partial charge in [0.15, 0.2) is 0 Å². The fourth-order valence-electron chi connectivity index (χ4n) is 1.67. The lowest BCUT2D eigenvalue weighted by atomic mass is 10.1. The van der Waals surface area contributed by atoms with Crippen LogP contribution in [-0.2, 0) is 6.42 Å². The summed E-state index contributed by atoms with van der Waals surface area (Å²) >= 11 is 0. The fraction of sp³-hybridized carbons (Fsp3) is 0.385. The first-order chi connectivity index (χ1) is 8.24. The van der Waals surface area contributed by atoms with Gasteiger partial charge in [0.2, 0.25) is 0 Å². The van der Waals surface area contributed by atoms with Gasteiger partial charge in [-0.1, -0.05) is 0 Å². The third kappa shape index (κ3) is 3.59. The average Bonchev–Trinajstić information content (AvgIpc) is 2.79. The number of anilines is 1. The number of nitrogens with zero attached hydrogens (tertiary/aromatic N) is 2. The molecule has 2 aromatic rings. The summed E-state index contributed by atoms with van der Waals surface area (Å²) in [6, 6.07) is 6.16. The zero-order chi connectivity index (χ0) is 12.1. The molecule has 0 fully saturated rings. The van der Waals surface area contributed by atoms with Crippen molar-refractivity contribution in [1.82, 2.24) is 9.97 Å². The molecular formula is C13H17N3O. The van der Waals surface area contributed by atoms with E-state index in [1.165, 1.54) is 0 Å². The van der Waals surface area contributed by atoms with E-state index in [9.17, 15) is 0 Å². The fourth-order valence-corrected chi connectivity index (χ4v) is 1.67. The predicted molar refractivity (Wildman–Crippen MR) is 66.9 cm³/mol. The van der Waals surface area contributed by atoms with E-state index in [-0.39, 0.29) is 0 Å². The molecule has 0 aliphatic heterocycles. The van der Waals surface area contributed by atoms with Crippen molar-refractivity contribution in [2.24, 2.45) is 0 Å². The molecule has 0 aromatic carbocycles. The zero-order valence-electron chi connectivity index (χ0n) is 10.2. The number of aryl methyl sites for hydroxylation is 2. The van der Waals surface area contributed by atoms with Crippen LogP contribution in [0, 0.1) is 6.92 Å². The van der Waals surface area contributed by atoms with E-state index in [0.29, 0.717) is 6.04 Å². The number of hydrogen-bond acceptors (Lipinski definition) is 4. The van der Waals surface area contributed by atoms with Crippen molar-refractivity contribution in [1.29, 1.82) is 0 Å². The SMILES string of the molecule is Cc1nccc(NC(C)CCc2ccco2)n1.